The van der Waals surface area contributed by atoms with E-state index in [9.17, 15) is 0 Å². The first kappa shape index (κ1) is 10.7. The molecule has 1 aromatic carbocycles. The zero-order valence-electron chi connectivity index (χ0n) is 7.72. The van der Waals surface area contributed by atoms with Crippen molar-refractivity contribution in [3.05, 3.63) is 34.3 Å². The predicted molar refractivity (Wildman–Crippen MR) is 62.8 cm³/mol. The first-order valence-corrected chi connectivity index (χ1v) is 5.36. The van der Waals surface area contributed by atoms with E-state index in [2.05, 4.69) is 13.0 Å². The quantitative estimate of drug-likeness (QED) is 0.680. The van der Waals surface area contributed by atoms with Gasteiger partial charge >= 0.3 is 0 Å². The number of thiocarbonyl (C=S) groups is 1. The molecule has 0 unspecified atom stereocenters. The average molecular weight is 213 g/mol. The standard InChI is InChI=1S/C11H13ClS/c1-2-3-4-9-5-6-11(12)7-10(9)8-13/h5-8H,2-4H2,1H3. The van der Waals surface area contributed by atoms with E-state index in [1.54, 1.807) is 5.37 Å². The van der Waals surface area contributed by atoms with Gasteiger partial charge in [-0.15, -0.1) is 0 Å². The highest BCUT2D eigenvalue weighted by atomic mass is 35.5. The Balaban J connectivity index is 2.86. The zero-order chi connectivity index (χ0) is 9.68. The molecule has 0 heterocycles. The second kappa shape index (κ2) is 5.36. The Hall–Kier alpha value is -0.400. The molecule has 1 aromatic rings. The van der Waals surface area contributed by atoms with Gasteiger partial charge in [-0.3, -0.25) is 0 Å². The molecule has 0 bridgehead atoms. The zero-order valence-corrected chi connectivity index (χ0v) is 9.29. The van der Waals surface area contributed by atoms with Crippen LogP contribution in [-0.4, -0.2) is 5.37 Å². The highest BCUT2D eigenvalue weighted by Gasteiger charge is 1.99. The Morgan fingerprint density at radius 2 is 2.23 bits per heavy atom. The summed E-state index contributed by atoms with van der Waals surface area (Å²) in [4.78, 5) is 0. The largest absolute Gasteiger partial charge is 0.0881 e. The molecule has 0 atom stereocenters. The Morgan fingerprint density at radius 3 is 2.85 bits per heavy atom. The summed E-state index contributed by atoms with van der Waals surface area (Å²) in [5, 5.41) is 2.47. The molecule has 0 radical (unpaired) electrons. The molecule has 70 valence electrons. The van der Waals surface area contributed by atoms with Crippen LogP contribution >= 0.6 is 23.8 Å². The highest BCUT2D eigenvalue weighted by Crippen LogP contribution is 2.16. The van der Waals surface area contributed by atoms with E-state index in [0.29, 0.717) is 0 Å². The smallest absolute Gasteiger partial charge is 0.0412 e. The number of hydrogen-bond acceptors (Lipinski definition) is 1. The van der Waals surface area contributed by atoms with E-state index < -0.39 is 0 Å². The summed E-state index contributed by atoms with van der Waals surface area (Å²) in [7, 11) is 0. The molecular formula is C11H13ClS. The minimum absolute atomic E-state index is 0.761. The molecule has 0 fully saturated rings. The van der Waals surface area contributed by atoms with E-state index >= 15 is 0 Å². The lowest BCUT2D eigenvalue weighted by atomic mass is 10.0. The van der Waals surface area contributed by atoms with Crippen LogP contribution in [0, 0.1) is 0 Å². The van der Waals surface area contributed by atoms with Gasteiger partial charge in [-0.25, -0.2) is 0 Å². The van der Waals surface area contributed by atoms with Crippen molar-refractivity contribution in [3.8, 4) is 0 Å². The van der Waals surface area contributed by atoms with Crippen molar-refractivity contribution in [2.45, 2.75) is 26.2 Å². The molecule has 0 aliphatic carbocycles. The molecule has 2 heteroatoms. The Kier molecular flexibility index (Phi) is 4.40. The number of halogens is 1. The lowest BCUT2D eigenvalue weighted by Gasteiger charge is -2.04. The van der Waals surface area contributed by atoms with Crippen molar-refractivity contribution in [1.82, 2.24) is 0 Å². The third-order valence-corrected chi connectivity index (χ3v) is 2.52. The molecule has 0 saturated carbocycles. The number of hydrogen-bond donors (Lipinski definition) is 0. The van der Waals surface area contributed by atoms with E-state index in [0.717, 1.165) is 17.0 Å². The van der Waals surface area contributed by atoms with Gasteiger partial charge in [0.15, 0.2) is 0 Å². The predicted octanol–water partition coefficient (Wildman–Crippen LogP) is 4.03. The van der Waals surface area contributed by atoms with Gasteiger partial charge in [-0.05, 0) is 36.1 Å². The molecule has 0 saturated heterocycles. The van der Waals surface area contributed by atoms with Gasteiger partial charge in [0.25, 0.3) is 0 Å². The summed E-state index contributed by atoms with van der Waals surface area (Å²) in [6.07, 6.45) is 3.51. The Morgan fingerprint density at radius 1 is 1.46 bits per heavy atom. The summed E-state index contributed by atoms with van der Waals surface area (Å²) in [6, 6.07) is 5.92. The van der Waals surface area contributed by atoms with E-state index in [1.165, 1.54) is 18.4 Å². The maximum atomic E-state index is 5.86. The van der Waals surface area contributed by atoms with E-state index in [-0.39, 0.29) is 0 Å². The normalized spacial score (nSPS) is 10.0. The van der Waals surface area contributed by atoms with E-state index in [1.807, 2.05) is 12.1 Å². The van der Waals surface area contributed by atoms with Gasteiger partial charge in [-0.2, -0.15) is 0 Å². The van der Waals surface area contributed by atoms with Gasteiger partial charge in [0.2, 0.25) is 0 Å². The summed E-state index contributed by atoms with van der Waals surface area (Å²) in [5.41, 5.74) is 2.40. The van der Waals surface area contributed by atoms with Crippen LogP contribution in [0.3, 0.4) is 0 Å². The van der Waals surface area contributed by atoms with Crippen LogP contribution in [0.4, 0.5) is 0 Å². The molecule has 0 amide bonds. The lowest BCUT2D eigenvalue weighted by molar-refractivity contribution is 0.794. The monoisotopic (exact) mass is 212 g/mol. The van der Waals surface area contributed by atoms with Gasteiger partial charge in [0.1, 0.15) is 0 Å². The maximum absolute atomic E-state index is 5.86. The Bertz CT molecular complexity index is 294. The molecule has 0 aliphatic rings. The van der Waals surface area contributed by atoms with Crippen molar-refractivity contribution in [2.24, 2.45) is 0 Å². The van der Waals surface area contributed by atoms with Crippen LogP contribution in [0.1, 0.15) is 30.9 Å². The van der Waals surface area contributed by atoms with Gasteiger partial charge < -0.3 is 0 Å². The summed E-state index contributed by atoms with van der Waals surface area (Å²) >= 11 is 10.8. The third-order valence-electron chi connectivity index (χ3n) is 2.03. The van der Waals surface area contributed by atoms with Crippen LogP contribution in [0.5, 0.6) is 0 Å². The van der Waals surface area contributed by atoms with Crippen LogP contribution in [0.2, 0.25) is 5.02 Å². The number of unbranched alkanes of at least 4 members (excludes halogenated alkanes) is 1. The van der Waals surface area contributed by atoms with Crippen LogP contribution in [0.25, 0.3) is 0 Å². The fourth-order valence-electron chi connectivity index (χ4n) is 1.27. The second-order valence-electron chi connectivity index (χ2n) is 3.06. The highest BCUT2D eigenvalue weighted by molar-refractivity contribution is 7.79. The first-order valence-electron chi connectivity index (χ1n) is 4.51. The second-order valence-corrected chi connectivity index (χ2v) is 3.74. The van der Waals surface area contributed by atoms with Crippen molar-refractivity contribution >= 4 is 29.2 Å². The average Bonchev–Trinajstić information content (AvgIpc) is 2.16. The molecule has 0 nitrogen and oxygen atoms in total. The van der Waals surface area contributed by atoms with Crippen LogP contribution in [-0.2, 0) is 6.42 Å². The molecule has 1 rings (SSSR count). The van der Waals surface area contributed by atoms with Gasteiger partial charge in [-0.1, -0.05) is 43.2 Å². The molecule has 0 spiro atoms. The molecular weight excluding hydrogens is 200 g/mol. The first-order chi connectivity index (χ1) is 6.27. The van der Waals surface area contributed by atoms with Gasteiger partial charge in [0, 0.05) is 10.4 Å². The minimum Gasteiger partial charge on any atom is -0.0881 e. The maximum Gasteiger partial charge on any atom is 0.0412 e. The molecule has 0 aromatic heterocycles. The topological polar surface area (TPSA) is 0 Å². The van der Waals surface area contributed by atoms with Gasteiger partial charge in [0.05, 0.1) is 0 Å². The number of benzene rings is 1. The lowest BCUT2D eigenvalue weighted by Crippen LogP contribution is -1.91. The fraction of sp³-hybridized carbons (Fsp3) is 0.364. The SMILES string of the molecule is CCCCc1ccc(Cl)cc1C=S. The summed E-state index contributed by atoms with van der Waals surface area (Å²) in [5.74, 6) is 0. The van der Waals surface area contributed by atoms with Crippen molar-refractivity contribution in [3.63, 3.8) is 0 Å². The van der Waals surface area contributed by atoms with Crippen molar-refractivity contribution < 1.29 is 0 Å². The minimum atomic E-state index is 0.761. The third kappa shape index (κ3) is 3.09. The molecule has 0 N–H and O–H groups in total. The van der Waals surface area contributed by atoms with Crippen molar-refractivity contribution in [1.29, 1.82) is 0 Å². The fourth-order valence-corrected chi connectivity index (χ4v) is 1.67. The number of aryl methyl sites for hydroxylation is 1. The van der Waals surface area contributed by atoms with E-state index in [4.69, 9.17) is 23.8 Å². The van der Waals surface area contributed by atoms with Crippen LogP contribution < -0.4 is 0 Å². The van der Waals surface area contributed by atoms with Crippen LogP contribution in [0.15, 0.2) is 18.2 Å². The summed E-state index contributed by atoms with van der Waals surface area (Å²) in [6.45, 7) is 2.19. The number of rotatable bonds is 4. The molecule has 0 aliphatic heterocycles. The molecule has 13 heavy (non-hydrogen) atoms. The van der Waals surface area contributed by atoms with Crippen molar-refractivity contribution in [2.75, 3.05) is 0 Å². The summed E-state index contributed by atoms with van der Waals surface area (Å²) < 4.78 is 0. The Labute approximate surface area is 89.9 Å².